The van der Waals surface area contributed by atoms with E-state index in [-0.39, 0.29) is 5.41 Å². The number of fused-ring (bicyclic) bond motifs is 1. The van der Waals surface area contributed by atoms with Crippen LogP contribution in [0.3, 0.4) is 0 Å². The van der Waals surface area contributed by atoms with E-state index in [1.54, 1.807) is 0 Å². The number of hydrogen-bond acceptors (Lipinski definition) is 1. The van der Waals surface area contributed by atoms with E-state index in [1.165, 1.54) is 16.6 Å². The maximum Gasteiger partial charge on any atom is 0.0709 e. The molecule has 0 saturated heterocycles. The Labute approximate surface area is 138 Å². The summed E-state index contributed by atoms with van der Waals surface area (Å²) in [5, 5.41) is 8.10. The standard InChI is InChI=1S/C16H22Br2N2/c1-4-20-15-8-6-5-7-13(15)14(19-20)9-16(10-17,11-18)12(2)3/h5-8,12H,4,9-11H2,1-3H3. The third-order valence-corrected chi connectivity index (χ3v) is 6.54. The highest BCUT2D eigenvalue weighted by Crippen LogP contribution is 2.37. The molecule has 0 amide bonds. The fourth-order valence-electron chi connectivity index (χ4n) is 2.54. The highest BCUT2D eigenvalue weighted by atomic mass is 79.9. The van der Waals surface area contributed by atoms with Crippen LogP contribution < -0.4 is 0 Å². The van der Waals surface area contributed by atoms with E-state index in [1.807, 2.05) is 0 Å². The van der Waals surface area contributed by atoms with Crippen molar-refractivity contribution in [1.82, 2.24) is 9.78 Å². The number of alkyl halides is 2. The van der Waals surface area contributed by atoms with Gasteiger partial charge < -0.3 is 0 Å². The Morgan fingerprint density at radius 1 is 1.20 bits per heavy atom. The number of para-hydroxylation sites is 1. The molecule has 0 aliphatic carbocycles. The zero-order chi connectivity index (χ0) is 14.8. The van der Waals surface area contributed by atoms with E-state index in [4.69, 9.17) is 5.10 Å². The number of halogens is 2. The quantitative estimate of drug-likeness (QED) is 0.620. The van der Waals surface area contributed by atoms with Crippen LogP contribution in [0.15, 0.2) is 24.3 Å². The first-order valence-corrected chi connectivity index (χ1v) is 9.38. The van der Waals surface area contributed by atoms with Gasteiger partial charge in [-0.15, -0.1) is 0 Å². The lowest BCUT2D eigenvalue weighted by Crippen LogP contribution is -2.33. The lowest BCUT2D eigenvalue weighted by Gasteiger charge is -2.33. The number of aromatic nitrogens is 2. The lowest BCUT2D eigenvalue weighted by atomic mass is 9.77. The summed E-state index contributed by atoms with van der Waals surface area (Å²) in [7, 11) is 0. The van der Waals surface area contributed by atoms with Gasteiger partial charge in [0.25, 0.3) is 0 Å². The van der Waals surface area contributed by atoms with Gasteiger partial charge in [-0.3, -0.25) is 4.68 Å². The second-order valence-electron chi connectivity index (χ2n) is 5.74. The van der Waals surface area contributed by atoms with Crippen LogP contribution in [0.5, 0.6) is 0 Å². The monoisotopic (exact) mass is 400 g/mol. The second-order valence-corrected chi connectivity index (χ2v) is 6.86. The van der Waals surface area contributed by atoms with Gasteiger partial charge in [-0.2, -0.15) is 5.10 Å². The average Bonchev–Trinajstić information content (AvgIpc) is 2.82. The first kappa shape index (κ1) is 16.0. The number of benzene rings is 1. The summed E-state index contributed by atoms with van der Waals surface area (Å²) in [6.07, 6.45) is 0.995. The van der Waals surface area contributed by atoms with Crippen LogP contribution in [0.25, 0.3) is 10.9 Å². The van der Waals surface area contributed by atoms with Crippen molar-refractivity contribution in [1.29, 1.82) is 0 Å². The van der Waals surface area contributed by atoms with Gasteiger partial charge in [-0.05, 0) is 30.7 Å². The maximum atomic E-state index is 4.85. The van der Waals surface area contributed by atoms with Crippen LogP contribution >= 0.6 is 31.9 Å². The molecule has 2 aromatic rings. The van der Waals surface area contributed by atoms with Crippen molar-refractivity contribution < 1.29 is 0 Å². The molecule has 2 nitrogen and oxygen atoms in total. The Balaban J connectivity index is 2.48. The molecule has 0 bridgehead atoms. The van der Waals surface area contributed by atoms with Crippen LogP contribution in [0.4, 0.5) is 0 Å². The normalized spacial score (nSPS) is 12.5. The molecular formula is C16H22Br2N2. The van der Waals surface area contributed by atoms with Crippen molar-refractivity contribution in [2.24, 2.45) is 11.3 Å². The fraction of sp³-hybridized carbons (Fsp3) is 0.562. The highest BCUT2D eigenvalue weighted by Gasteiger charge is 2.33. The van der Waals surface area contributed by atoms with Crippen molar-refractivity contribution in [2.75, 3.05) is 10.7 Å². The average molecular weight is 402 g/mol. The molecule has 0 N–H and O–H groups in total. The summed E-state index contributed by atoms with van der Waals surface area (Å²) in [5.74, 6) is 0.590. The zero-order valence-corrected chi connectivity index (χ0v) is 15.5. The van der Waals surface area contributed by atoms with Gasteiger partial charge in [0.15, 0.2) is 0 Å². The highest BCUT2D eigenvalue weighted by molar-refractivity contribution is 9.09. The molecule has 20 heavy (non-hydrogen) atoms. The molecule has 4 heteroatoms. The summed E-state index contributed by atoms with van der Waals surface area (Å²) < 4.78 is 2.11. The molecule has 0 aliphatic rings. The minimum absolute atomic E-state index is 0.204. The SMILES string of the molecule is CCn1nc(CC(CBr)(CBr)C(C)C)c2ccccc21. The van der Waals surface area contributed by atoms with Crippen LogP contribution in [0.2, 0.25) is 0 Å². The molecule has 1 aromatic heterocycles. The van der Waals surface area contributed by atoms with Crippen molar-refractivity contribution in [3.8, 4) is 0 Å². The smallest absolute Gasteiger partial charge is 0.0709 e. The molecule has 0 saturated carbocycles. The Morgan fingerprint density at radius 3 is 2.40 bits per heavy atom. The summed E-state index contributed by atoms with van der Waals surface area (Å²) in [5.41, 5.74) is 2.66. The van der Waals surface area contributed by atoms with Crippen LogP contribution in [-0.4, -0.2) is 20.4 Å². The lowest BCUT2D eigenvalue weighted by molar-refractivity contribution is 0.265. The largest absolute Gasteiger partial charge is 0.265 e. The first-order valence-electron chi connectivity index (χ1n) is 7.14. The molecule has 0 aliphatic heterocycles. The molecule has 2 rings (SSSR count). The van der Waals surface area contributed by atoms with Gasteiger partial charge in [-0.25, -0.2) is 0 Å². The van der Waals surface area contributed by atoms with E-state index >= 15 is 0 Å². The number of hydrogen-bond donors (Lipinski definition) is 0. The van der Waals surface area contributed by atoms with Gasteiger partial charge in [0.2, 0.25) is 0 Å². The summed E-state index contributed by atoms with van der Waals surface area (Å²) in [4.78, 5) is 0. The van der Waals surface area contributed by atoms with E-state index in [2.05, 4.69) is 81.6 Å². The molecule has 1 aromatic carbocycles. The van der Waals surface area contributed by atoms with Crippen molar-refractivity contribution in [3.05, 3.63) is 30.0 Å². The molecule has 110 valence electrons. The summed E-state index contributed by atoms with van der Waals surface area (Å²) in [6.45, 7) is 7.65. The van der Waals surface area contributed by atoms with Crippen LogP contribution in [0, 0.1) is 11.3 Å². The van der Waals surface area contributed by atoms with Gasteiger partial charge in [-0.1, -0.05) is 63.9 Å². The molecule has 0 unspecified atom stereocenters. The topological polar surface area (TPSA) is 17.8 Å². The molecule has 0 radical (unpaired) electrons. The van der Waals surface area contributed by atoms with Crippen molar-refractivity contribution in [2.45, 2.75) is 33.7 Å². The Kier molecular flexibility index (Phi) is 5.30. The molecular weight excluding hydrogens is 380 g/mol. The van der Waals surface area contributed by atoms with Crippen molar-refractivity contribution in [3.63, 3.8) is 0 Å². The van der Waals surface area contributed by atoms with Crippen LogP contribution in [0.1, 0.15) is 26.5 Å². The molecule has 0 fully saturated rings. The van der Waals surface area contributed by atoms with Gasteiger partial charge in [0, 0.05) is 22.6 Å². The predicted octanol–water partition coefficient (Wildman–Crippen LogP) is 5.03. The Morgan fingerprint density at radius 2 is 1.85 bits per heavy atom. The number of rotatable bonds is 6. The number of aryl methyl sites for hydroxylation is 1. The maximum absolute atomic E-state index is 4.85. The van der Waals surface area contributed by atoms with Gasteiger partial charge in [0.05, 0.1) is 11.2 Å². The second kappa shape index (κ2) is 6.61. The third-order valence-electron chi connectivity index (χ3n) is 4.31. The van der Waals surface area contributed by atoms with E-state index < -0.39 is 0 Å². The minimum Gasteiger partial charge on any atom is -0.265 e. The number of nitrogens with zero attached hydrogens (tertiary/aromatic N) is 2. The van der Waals surface area contributed by atoms with E-state index in [0.29, 0.717) is 5.92 Å². The Bertz CT molecular complexity index is 571. The van der Waals surface area contributed by atoms with Gasteiger partial charge >= 0.3 is 0 Å². The fourth-order valence-corrected chi connectivity index (χ4v) is 5.16. The predicted molar refractivity (Wildman–Crippen MR) is 94.0 cm³/mol. The molecule has 0 spiro atoms. The van der Waals surface area contributed by atoms with E-state index in [0.717, 1.165) is 23.6 Å². The minimum atomic E-state index is 0.204. The first-order chi connectivity index (χ1) is 9.57. The Hall–Kier alpha value is -0.350. The van der Waals surface area contributed by atoms with Gasteiger partial charge in [0.1, 0.15) is 0 Å². The third kappa shape index (κ3) is 2.82. The zero-order valence-electron chi connectivity index (χ0n) is 12.4. The molecule has 0 atom stereocenters. The van der Waals surface area contributed by atoms with Crippen molar-refractivity contribution >= 4 is 42.8 Å². The summed E-state index contributed by atoms with van der Waals surface area (Å²) in [6, 6.07) is 8.55. The molecule has 1 heterocycles. The van der Waals surface area contributed by atoms with Crippen LogP contribution in [-0.2, 0) is 13.0 Å². The van der Waals surface area contributed by atoms with E-state index in [9.17, 15) is 0 Å². The summed E-state index contributed by atoms with van der Waals surface area (Å²) >= 11 is 7.43.